The number of halogens is 3. The van der Waals surface area contributed by atoms with E-state index in [0.29, 0.717) is 27.0 Å². The minimum Gasteiger partial charge on any atom is -0.323 e. The van der Waals surface area contributed by atoms with E-state index in [0.717, 1.165) is 20.5 Å². The van der Waals surface area contributed by atoms with Crippen LogP contribution in [0.1, 0.15) is 26.7 Å². The summed E-state index contributed by atoms with van der Waals surface area (Å²) >= 11 is 17.1. The minimum absolute atomic E-state index is 0.0615. The lowest BCUT2D eigenvalue weighted by Crippen LogP contribution is -2.30. The first-order valence-corrected chi connectivity index (χ1v) is 16.4. The molecule has 46 heavy (non-hydrogen) atoms. The Bertz CT molecular complexity index is 1910. The average Bonchev–Trinajstić information content (AvgIpc) is 3.05. The molecule has 0 aliphatic carbocycles. The standard InChI is InChI=1S/C36H26BrCl2N3O3S/c37-26-14-7-9-23(19-26)20-32(42-34(43)25-12-5-2-6-13-25)35(44)40-28-15-8-16-29(22-28)46-33(24-10-3-1-4-11-24)36(45)41-31-18-17-27(38)21-30(31)39/h1-22,33H,(H,40,44)(H,41,45)(H,42,43)/b32-20+. The SMILES string of the molecule is O=C(Nc1cccc(SC(C(=O)Nc2ccc(Cl)cc2Cl)c2ccccc2)c1)/C(=C\c1cccc(Br)c1)NC(=O)c1ccccc1. The van der Waals surface area contributed by atoms with Crippen LogP contribution in [0.15, 0.2) is 142 Å². The number of hydrogen-bond donors (Lipinski definition) is 3. The third kappa shape index (κ3) is 9.11. The average molecular weight is 731 g/mol. The van der Waals surface area contributed by atoms with Crippen LogP contribution in [0.2, 0.25) is 10.0 Å². The van der Waals surface area contributed by atoms with Crippen LogP contribution in [0, 0.1) is 0 Å². The molecule has 0 spiro atoms. The summed E-state index contributed by atoms with van der Waals surface area (Å²) in [6.45, 7) is 0. The van der Waals surface area contributed by atoms with Crippen molar-refractivity contribution < 1.29 is 14.4 Å². The third-order valence-corrected chi connectivity index (χ3v) is 8.85. The number of rotatable bonds is 10. The van der Waals surface area contributed by atoms with Gasteiger partial charge in [-0.25, -0.2) is 0 Å². The molecule has 5 aromatic rings. The lowest BCUT2D eigenvalue weighted by atomic mass is 10.1. The van der Waals surface area contributed by atoms with E-state index in [1.165, 1.54) is 11.8 Å². The van der Waals surface area contributed by atoms with Crippen LogP contribution in [0.4, 0.5) is 11.4 Å². The number of carbonyl (C=O) groups excluding carboxylic acids is 3. The molecular weight excluding hydrogens is 705 g/mol. The van der Waals surface area contributed by atoms with Crippen LogP contribution in [-0.4, -0.2) is 17.7 Å². The van der Waals surface area contributed by atoms with Gasteiger partial charge in [-0.15, -0.1) is 11.8 Å². The predicted octanol–water partition coefficient (Wildman–Crippen LogP) is 9.64. The molecule has 0 fully saturated rings. The fourth-order valence-corrected chi connectivity index (χ4v) is 6.33. The first kappa shape index (κ1) is 33.0. The van der Waals surface area contributed by atoms with Crippen LogP contribution < -0.4 is 16.0 Å². The molecule has 0 aliphatic rings. The Kier molecular flexibility index (Phi) is 11.3. The summed E-state index contributed by atoms with van der Waals surface area (Å²) in [7, 11) is 0. The molecule has 0 radical (unpaired) electrons. The van der Waals surface area contributed by atoms with Gasteiger partial charge in [0.1, 0.15) is 10.9 Å². The molecule has 1 unspecified atom stereocenters. The van der Waals surface area contributed by atoms with Crippen molar-refractivity contribution in [2.24, 2.45) is 0 Å². The molecule has 0 heterocycles. The molecule has 5 aromatic carbocycles. The summed E-state index contributed by atoms with van der Waals surface area (Å²) in [4.78, 5) is 40.9. The number of anilines is 2. The van der Waals surface area contributed by atoms with Crippen LogP contribution >= 0.6 is 50.9 Å². The van der Waals surface area contributed by atoms with E-state index in [2.05, 4.69) is 31.9 Å². The molecule has 3 amide bonds. The number of amides is 3. The molecule has 0 aromatic heterocycles. The highest BCUT2D eigenvalue weighted by Gasteiger charge is 2.23. The van der Waals surface area contributed by atoms with Gasteiger partial charge in [-0.1, -0.05) is 106 Å². The van der Waals surface area contributed by atoms with E-state index in [1.807, 2.05) is 66.7 Å². The maximum absolute atomic E-state index is 13.6. The van der Waals surface area contributed by atoms with Crippen molar-refractivity contribution in [3.05, 3.63) is 164 Å². The predicted molar refractivity (Wildman–Crippen MR) is 191 cm³/mol. The molecule has 0 saturated heterocycles. The zero-order valence-electron chi connectivity index (χ0n) is 24.0. The summed E-state index contributed by atoms with van der Waals surface area (Å²) in [5, 5.41) is 8.70. The van der Waals surface area contributed by atoms with Crippen LogP contribution in [0.25, 0.3) is 6.08 Å². The number of benzene rings is 5. The molecule has 6 nitrogen and oxygen atoms in total. The second kappa shape index (κ2) is 15.8. The van der Waals surface area contributed by atoms with Crippen LogP contribution in [-0.2, 0) is 9.59 Å². The van der Waals surface area contributed by atoms with Gasteiger partial charge in [0, 0.05) is 25.6 Å². The maximum atomic E-state index is 13.6. The molecular formula is C36H26BrCl2N3O3S. The smallest absolute Gasteiger partial charge is 0.272 e. The van der Waals surface area contributed by atoms with Gasteiger partial charge in [0.25, 0.3) is 11.8 Å². The van der Waals surface area contributed by atoms with E-state index in [4.69, 9.17) is 23.2 Å². The fourth-order valence-electron chi connectivity index (χ4n) is 4.38. The van der Waals surface area contributed by atoms with E-state index < -0.39 is 17.1 Å². The van der Waals surface area contributed by atoms with Crippen molar-refractivity contribution in [1.29, 1.82) is 0 Å². The quantitative estimate of drug-likeness (QED) is 0.0987. The number of nitrogens with one attached hydrogen (secondary N) is 3. The monoisotopic (exact) mass is 729 g/mol. The number of carbonyl (C=O) groups is 3. The normalized spacial score (nSPS) is 11.8. The lowest BCUT2D eigenvalue weighted by molar-refractivity contribution is -0.116. The van der Waals surface area contributed by atoms with Crippen molar-refractivity contribution >= 4 is 86.1 Å². The summed E-state index contributed by atoms with van der Waals surface area (Å²) in [5.74, 6) is -1.21. The van der Waals surface area contributed by atoms with Gasteiger partial charge in [0.2, 0.25) is 5.91 Å². The fraction of sp³-hybridized carbons (Fsp3) is 0.0278. The van der Waals surface area contributed by atoms with Gasteiger partial charge in [0.15, 0.2) is 0 Å². The summed E-state index contributed by atoms with van der Waals surface area (Å²) in [6.07, 6.45) is 1.61. The second-order valence-corrected chi connectivity index (χ2v) is 12.9. The van der Waals surface area contributed by atoms with Crippen molar-refractivity contribution in [3.8, 4) is 0 Å². The van der Waals surface area contributed by atoms with Gasteiger partial charge in [-0.2, -0.15) is 0 Å². The van der Waals surface area contributed by atoms with E-state index >= 15 is 0 Å². The molecule has 0 saturated carbocycles. The van der Waals surface area contributed by atoms with Gasteiger partial charge >= 0.3 is 0 Å². The second-order valence-electron chi connectivity index (χ2n) is 9.94. The van der Waals surface area contributed by atoms with E-state index in [9.17, 15) is 14.4 Å². The van der Waals surface area contributed by atoms with Crippen molar-refractivity contribution in [2.75, 3.05) is 10.6 Å². The van der Waals surface area contributed by atoms with Crippen molar-refractivity contribution in [1.82, 2.24) is 5.32 Å². The minimum atomic E-state index is -0.643. The van der Waals surface area contributed by atoms with E-state index in [1.54, 1.807) is 66.7 Å². The number of hydrogen-bond acceptors (Lipinski definition) is 4. The highest BCUT2D eigenvalue weighted by molar-refractivity contribution is 9.10. The summed E-state index contributed by atoms with van der Waals surface area (Å²) < 4.78 is 0.829. The summed E-state index contributed by atoms with van der Waals surface area (Å²) in [5.41, 5.74) is 2.91. The maximum Gasteiger partial charge on any atom is 0.272 e. The molecule has 0 aliphatic heterocycles. The van der Waals surface area contributed by atoms with E-state index in [-0.39, 0.29) is 11.6 Å². The lowest BCUT2D eigenvalue weighted by Gasteiger charge is -2.18. The van der Waals surface area contributed by atoms with Gasteiger partial charge in [0.05, 0.1) is 10.7 Å². The highest BCUT2D eigenvalue weighted by Crippen LogP contribution is 2.38. The first-order valence-electron chi connectivity index (χ1n) is 14.0. The Hall–Kier alpha value is -4.34. The molecule has 230 valence electrons. The molecule has 5 rings (SSSR count). The van der Waals surface area contributed by atoms with Crippen molar-refractivity contribution in [3.63, 3.8) is 0 Å². The van der Waals surface area contributed by atoms with Gasteiger partial charge in [-0.3, -0.25) is 14.4 Å². The van der Waals surface area contributed by atoms with Crippen LogP contribution in [0.5, 0.6) is 0 Å². The van der Waals surface area contributed by atoms with Gasteiger partial charge in [-0.05, 0) is 77.9 Å². The van der Waals surface area contributed by atoms with Crippen LogP contribution in [0.3, 0.4) is 0 Å². The first-order chi connectivity index (χ1) is 22.2. The molecule has 0 bridgehead atoms. The Morgan fingerprint density at radius 3 is 2.17 bits per heavy atom. The Morgan fingerprint density at radius 2 is 1.46 bits per heavy atom. The third-order valence-electron chi connectivity index (χ3n) is 6.56. The highest BCUT2D eigenvalue weighted by atomic mass is 79.9. The topological polar surface area (TPSA) is 87.3 Å². The van der Waals surface area contributed by atoms with Crippen molar-refractivity contribution in [2.45, 2.75) is 10.1 Å². The van der Waals surface area contributed by atoms with Gasteiger partial charge < -0.3 is 16.0 Å². The molecule has 3 N–H and O–H groups in total. The molecule has 10 heteroatoms. The summed E-state index contributed by atoms with van der Waals surface area (Å²) in [6, 6.07) is 37.4. The number of thioether (sulfide) groups is 1. The largest absolute Gasteiger partial charge is 0.323 e. The Labute approximate surface area is 289 Å². The Balaban J connectivity index is 1.38. The Morgan fingerprint density at radius 1 is 0.739 bits per heavy atom. The molecule has 1 atom stereocenters. The zero-order chi connectivity index (χ0) is 32.5. The zero-order valence-corrected chi connectivity index (χ0v) is 28.0.